The molecule has 0 radical (unpaired) electrons. The number of carbonyl (C=O) groups is 3. The Labute approximate surface area is 97.5 Å². The van der Waals surface area contributed by atoms with E-state index in [1.807, 2.05) is 0 Å². The molecule has 5 atom stereocenters. The van der Waals surface area contributed by atoms with Gasteiger partial charge >= 0.3 is 5.97 Å². The second-order valence-corrected chi connectivity index (χ2v) is 4.90. The van der Waals surface area contributed by atoms with Gasteiger partial charge in [0, 0.05) is 0 Å². The van der Waals surface area contributed by atoms with Gasteiger partial charge in [-0.1, -0.05) is 0 Å². The Bertz CT molecular complexity index is 392. The molecule has 92 valence electrons. The number of rotatable bonds is 2. The summed E-state index contributed by atoms with van der Waals surface area (Å²) in [6.07, 6.45) is 1.21. The monoisotopic (exact) mass is 239 g/mol. The maximum atomic E-state index is 12.1. The first-order valence-electron chi connectivity index (χ1n) is 5.77. The van der Waals surface area contributed by atoms with Crippen LogP contribution in [0.5, 0.6) is 0 Å². The van der Waals surface area contributed by atoms with Crippen LogP contribution < -0.4 is 0 Å². The third-order valence-electron chi connectivity index (χ3n) is 4.06. The number of aliphatic carboxylic acids is 1. The lowest BCUT2D eigenvalue weighted by Gasteiger charge is -2.21. The predicted molar refractivity (Wildman–Crippen MR) is 53.8 cm³/mol. The Morgan fingerprint density at radius 3 is 2.18 bits per heavy atom. The molecule has 3 aliphatic rings. The Morgan fingerprint density at radius 2 is 1.76 bits per heavy atom. The summed E-state index contributed by atoms with van der Waals surface area (Å²) in [6, 6.07) is -1.08. The molecule has 3 fully saturated rings. The Kier molecular flexibility index (Phi) is 2.07. The van der Waals surface area contributed by atoms with Crippen LogP contribution in [0.3, 0.4) is 0 Å². The van der Waals surface area contributed by atoms with Crippen molar-refractivity contribution in [3.63, 3.8) is 0 Å². The van der Waals surface area contributed by atoms with E-state index in [0.29, 0.717) is 0 Å². The zero-order chi connectivity index (χ0) is 12.3. The molecule has 3 aliphatic heterocycles. The quantitative estimate of drug-likeness (QED) is 0.664. The van der Waals surface area contributed by atoms with Crippen molar-refractivity contribution in [3.05, 3.63) is 0 Å². The number of ether oxygens (including phenoxy) is 1. The number of imide groups is 1. The molecule has 3 rings (SSSR count). The van der Waals surface area contributed by atoms with Crippen LogP contribution in [-0.4, -0.2) is 46.0 Å². The fourth-order valence-electron chi connectivity index (χ4n) is 3.23. The minimum atomic E-state index is -1.15. The molecule has 0 aromatic heterocycles. The van der Waals surface area contributed by atoms with Crippen molar-refractivity contribution in [2.24, 2.45) is 11.8 Å². The van der Waals surface area contributed by atoms with E-state index in [9.17, 15) is 14.4 Å². The van der Waals surface area contributed by atoms with Crippen LogP contribution in [0, 0.1) is 11.8 Å². The molecule has 0 saturated carbocycles. The summed E-state index contributed by atoms with van der Waals surface area (Å²) >= 11 is 0. The molecule has 0 unspecified atom stereocenters. The molecule has 0 aromatic carbocycles. The van der Waals surface area contributed by atoms with Crippen LogP contribution in [0.4, 0.5) is 0 Å². The number of likely N-dealkylation sites (tertiary alicyclic amines) is 1. The number of nitrogens with zero attached hydrogens (tertiary/aromatic N) is 1. The van der Waals surface area contributed by atoms with E-state index < -0.39 is 23.8 Å². The van der Waals surface area contributed by atoms with Gasteiger partial charge in [-0.05, 0) is 19.8 Å². The minimum absolute atomic E-state index is 0.188. The summed E-state index contributed by atoms with van der Waals surface area (Å²) in [5.41, 5.74) is 0. The van der Waals surface area contributed by atoms with Crippen molar-refractivity contribution < 1.29 is 24.2 Å². The molecule has 0 aromatic rings. The van der Waals surface area contributed by atoms with Gasteiger partial charge in [-0.2, -0.15) is 0 Å². The summed E-state index contributed by atoms with van der Waals surface area (Å²) in [5, 5.41) is 8.91. The van der Waals surface area contributed by atoms with E-state index >= 15 is 0 Å². The van der Waals surface area contributed by atoms with E-state index in [0.717, 1.165) is 17.7 Å². The molecular weight excluding hydrogens is 226 g/mol. The number of hydrogen-bond acceptors (Lipinski definition) is 4. The third kappa shape index (κ3) is 1.21. The van der Waals surface area contributed by atoms with Crippen molar-refractivity contribution in [1.29, 1.82) is 0 Å². The van der Waals surface area contributed by atoms with Gasteiger partial charge in [0.1, 0.15) is 6.04 Å². The highest BCUT2D eigenvalue weighted by molar-refractivity contribution is 6.08. The molecule has 1 N–H and O–H groups in total. The summed E-state index contributed by atoms with van der Waals surface area (Å²) in [5.74, 6) is -2.78. The van der Waals surface area contributed by atoms with Gasteiger partial charge in [-0.25, -0.2) is 4.79 Å². The van der Waals surface area contributed by atoms with Crippen LogP contribution in [0.1, 0.15) is 19.8 Å². The Hall–Kier alpha value is -1.43. The van der Waals surface area contributed by atoms with Crippen LogP contribution in [0.25, 0.3) is 0 Å². The van der Waals surface area contributed by atoms with Gasteiger partial charge in [0.15, 0.2) is 0 Å². The summed E-state index contributed by atoms with van der Waals surface area (Å²) in [4.78, 5) is 36.0. The van der Waals surface area contributed by atoms with Crippen molar-refractivity contribution in [2.75, 3.05) is 0 Å². The molecular formula is C11H13NO5. The van der Waals surface area contributed by atoms with E-state index in [-0.39, 0.29) is 24.0 Å². The van der Waals surface area contributed by atoms with Crippen LogP contribution in [0.2, 0.25) is 0 Å². The average Bonchev–Trinajstić information content (AvgIpc) is 2.92. The predicted octanol–water partition coefficient (Wildman–Crippen LogP) is -0.378. The summed E-state index contributed by atoms with van der Waals surface area (Å²) < 4.78 is 5.55. The minimum Gasteiger partial charge on any atom is -0.480 e. The van der Waals surface area contributed by atoms with E-state index in [2.05, 4.69) is 0 Å². The van der Waals surface area contributed by atoms with Crippen LogP contribution >= 0.6 is 0 Å². The SMILES string of the molecule is C[C@H](C(=O)O)N1C(=O)[C@H]2[C@H](C1=O)[C@H]1CC[C@H]2O1. The van der Waals surface area contributed by atoms with Gasteiger partial charge in [-0.3, -0.25) is 14.5 Å². The first-order chi connectivity index (χ1) is 8.02. The average molecular weight is 239 g/mol. The maximum Gasteiger partial charge on any atom is 0.326 e. The number of carboxylic acid groups (broad SMARTS) is 1. The van der Waals surface area contributed by atoms with Gasteiger partial charge in [-0.15, -0.1) is 0 Å². The van der Waals surface area contributed by atoms with Gasteiger partial charge < -0.3 is 9.84 Å². The van der Waals surface area contributed by atoms with Gasteiger partial charge in [0.2, 0.25) is 11.8 Å². The lowest BCUT2D eigenvalue weighted by molar-refractivity contribution is -0.155. The maximum absolute atomic E-state index is 12.1. The normalized spacial score (nSPS) is 40.9. The Balaban J connectivity index is 1.93. The van der Waals surface area contributed by atoms with Crippen molar-refractivity contribution >= 4 is 17.8 Å². The fraction of sp³-hybridized carbons (Fsp3) is 0.727. The van der Waals surface area contributed by atoms with Crippen molar-refractivity contribution in [3.8, 4) is 0 Å². The molecule has 0 spiro atoms. The van der Waals surface area contributed by atoms with Gasteiger partial charge in [0.05, 0.1) is 24.0 Å². The highest BCUT2D eigenvalue weighted by Crippen LogP contribution is 2.48. The molecule has 0 aliphatic carbocycles. The molecule has 3 saturated heterocycles. The summed E-state index contributed by atoms with van der Waals surface area (Å²) in [6.45, 7) is 1.36. The second-order valence-electron chi connectivity index (χ2n) is 4.90. The Morgan fingerprint density at radius 1 is 1.29 bits per heavy atom. The zero-order valence-corrected chi connectivity index (χ0v) is 9.33. The third-order valence-corrected chi connectivity index (χ3v) is 4.06. The molecule has 2 amide bonds. The number of carbonyl (C=O) groups excluding carboxylic acids is 2. The molecule has 6 nitrogen and oxygen atoms in total. The summed E-state index contributed by atoms with van der Waals surface area (Å²) in [7, 11) is 0. The van der Waals surface area contributed by atoms with E-state index in [1.165, 1.54) is 6.92 Å². The molecule has 2 bridgehead atoms. The van der Waals surface area contributed by atoms with Crippen molar-refractivity contribution in [1.82, 2.24) is 4.90 Å². The number of carboxylic acids is 1. The largest absolute Gasteiger partial charge is 0.480 e. The highest BCUT2D eigenvalue weighted by atomic mass is 16.5. The molecule has 6 heteroatoms. The van der Waals surface area contributed by atoms with Gasteiger partial charge in [0.25, 0.3) is 0 Å². The zero-order valence-electron chi connectivity index (χ0n) is 9.33. The smallest absolute Gasteiger partial charge is 0.326 e. The first-order valence-corrected chi connectivity index (χ1v) is 5.77. The lowest BCUT2D eigenvalue weighted by atomic mass is 9.81. The lowest BCUT2D eigenvalue weighted by Crippen LogP contribution is -2.45. The van der Waals surface area contributed by atoms with Crippen LogP contribution in [-0.2, 0) is 19.1 Å². The standard InChI is InChI=1S/C11H13NO5/c1-4(11(15)16)12-9(13)7-5-2-3-6(17-5)8(7)10(12)14/h4-8H,2-3H2,1H3,(H,15,16)/t4-,5-,6-,7-,8-/m1/s1. The van der Waals surface area contributed by atoms with E-state index in [4.69, 9.17) is 9.84 Å². The highest BCUT2D eigenvalue weighted by Gasteiger charge is 2.63. The molecule has 17 heavy (non-hydrogen) atoms. The van der Waals surface area contributed by atoms with Crippen LogP contribution in [0.15, 0.2) is 0 Å². The van der Waals surface area contributed by atoms with Crippen molar-refractivity contribution in [2.45, 2.75) is 38.0 Å². The molecule has 3 heterocycles. The number of fused-ring (bicyclic) bond motifs is 5. The number of amides is 2. The first kappa shape index (κ1) is 10.7. The van der Waals surface area contributed by atoms with E-state index in [1.54, 1.807) is 0 Å². The second kappa shape index (κ2) is 3.29. The number of hydrogen-bond donors (Lipinski definition) is 1. The topological polar surface area (TPSA) is 83.9 Å². The fourth-order valence-corrected chi connectivity index (χ4v) is 3.23.